The molecule has 0 spiro atoms. The summed E-state index contributed by atoms with van der Waals surface area (Å²) >= 11 is 0. The predicted molar refractivity (Wildman–Crippen MR) is 298 cm³/mol. The molecule has 2 heterocycles. The Balaban J connectivity index is 1.73. The summed E-state index contributed by atoms with van der Waals surface area (Å²) in [4.78, 5) is 25.9. The average Bonchev–Trinajstić information content (AvgIpc) is 3.41. The number of aliphatic hydroxyl groups excluding tert-OH is 7. The molecular formula is C61H106O15. The van der Waals surface area contributed by atoms with E-state index in [4.69, 9.17) is 28.4 Å². The maximum atomic E-state index is 13.1. The Kier molecular flexibility index (Phi) is 42.9. The second kappa shape index (κ2) is 47.1. The molecule has 0 bridgehead atoms. The quantitative estimate of drug-likeness (QED) is 0.0171. The molecule has 0 aliphatic carbocycles. The molecule has 0 saturated carbocycles. The maximum Gasteiger partial charge on any atom is 0.306 e. The van der Waals surface area contributed by atoms with E-state index in [0.717, 1.165) is 96.3 Å². The Labute approximate surface area is 458 Å². The van der Waals surface area contributed by atoms with Crippen molar-refractivity contribution in [3.63, 3.8) is 0 Å². The first kappa shape index (κ1) is 69.3. The van der Waals surface area contributed by atoms with Gasteiger partial charge in [-0.3, -0.25) is 9.59 Å². The number of unbranched alkanes of at least 4 members (excludes halogenated alkanes) is 23. The Bertz CT molecular complexity index is 1550. The molecule has 2 saturated heterocycles. The third-order valence-corrected chi connectivity index (χ3v) is 14.0. The van der Waals surface area contributed by atoms with Gasteiger partial charge in [-0.2, -0.15) is 0 Å². The number of carbonyl (C=O) groups is 2. The highest BCUT2D eigenvalue weighted by atomic mass is 16.7. The number of ether oxygens (including phenoxy) is 6. The summed E-state index contributed by atoms with van der Waals surface area (Å²) in [7, 11) is 0. The van der Waals surface area contributed by atoms with Crippen LogP contribution in [-0.2, 0) is 38.0 Å². The normalized spacial score (nSPS) is 24.8. The van der Waals surface area contributed by atoms with E-state index < -0.39 is 92.7 Å². The van der Waals surface area contributed by atoms with Gasteiger partial charge in [-0.25, -0.2) is 0 Å². The van der Waals surface area contributed by atoms with Crippen LogP contribution in [0.4, 0.5) is 0 Å². The standard InChI is InChI=1S/C61H106O15/c1-3-5-7-9-11-13-15-17-19-21-22-23-24-25-26-28-29-31-33-35-37-39-41-43-52(63)71-46-49(74-53(64)44-42-40-38-36-34-32-30-27-20-18-16-14-12-10-8-6-4-2)47-72-60-59(70)57(68)55(66)51(76-60)48-73-61-58(69)56(67)54(65)50(45-62)75-61/h6,8,12,14-15,17-18,20-22,49-51,54-62,65-70H,3-5,7,9-11,13,16,19,23-48H2,1-2H3/b8-6-,14-12-,17-15-,20-18-,22-21-. The number of allylic oxidation sites excluding steroid dienone is 10. The van der Waals surface area contributed by atoms with Gasteiger partial charge in [0, 0.05) is 12.8 Å². The fourth-order valence-electron chi connectivity index (χ4n) is 9.14. The van der Waals surface area contributed by atoms with Crippen LogP contribution in [0.2, 0.25) is 0 Å². The van der Waals surface area contributed by atoms with Crippen molar-refractivity contribution in [1.29, 1.82) is 0 Å². The summed E-state index contributed by atoms with van der Waals surface area (Å²) in [5.74, 6) is -0.936. The zero-order valence-electron chi connectivity index (χ0n) is 47.0. The van der Waals surface area contributed by atoms with Gasteiger partial charge < -0.3 is 64.2 Å². The van der Waals surface area contributed by atoms with Gasteiger partial charge in [-0.15, -0.1) is 0 Å². The van der Waals surface area contributed by atoms with Gasteiger partial charge >= 0.3 is 11.9 Å². The van der Waals surface area contributed by atoms with Crippen molar-refractivity contribution in [3.05, 3.63) is 60.8 Å². The lowest BCUT2D eigenvalue weighted by Crippen LogP contribution is -2.61. The zero-order chi connectivity index (χ0) is 55.3. The summed E-state index contributed by atoms with van der Waals surface area (Å²) in [5, 5.41) is 72.3. The molecule has 0 amide bonds. The molecule has 2 aliphatic heterocycles. The first-order valence-corrected chi connectivity index (χ1v) is 29.9. The Hall–Kier alpha value is -2.80. The first-order chi connectivity index (χ1) is 37.0. The fraction of sp³-hybridized carbons (Fsp3) is 0.803. The fourth-order valence-corrected chi connectivity index (χ4v) is 9.14. The summed E-state index contributed by atoms with van der Waals surface area (Å²) in [6, 6.07) is 0. The minimum absolute atomic E-state index is 0.152. The number of hydrogen-bond donors (Lipinski definition) is 7. The molecule has 0 aromatic heterocycles. The molecule has 11 unspecified atom stereocenters. The summed E-state index contributed by atoms with van der Waals surface area (Å²) in [6.07, 6.45) is 39.5. The van der Waals surface area contributed by atoms with Gasteiger partial charge in [0.05, 0.1) is 19.8 Å². The van der Waals surface area contributed by atoms with Crippen LogP contribution >= 0.6 is 0 Å². The third kappa shape index (κ3) is 33.6. The molecule has 2 aliphatic rings. The molecule has 0 radical (unpaired) electrons. The molecular weight excluding hydrogens is 973 g/mol. The SMILES string of the molecule is CC/C=C\C/C=C\C/C=C\CCCCCCCCCC(=O)OC(COC(=O)CCCCCCCCCCCCC/C=C\C/C=C\CCCCCCC)COC1OC(COC2OC(CO)C(O)C(O)C2O)C(O)C(O)C1O. The van der Waals surface area contributed by atoms with E-state index in [1.165, 1.54) is 83.5 Å². The second-order valence-corrected chi connectivity index (χ2v) is 20.8. The van der Waals surface area contributed by atoms with E-state index in [1.54, 1.807) is 0 Å². The average molecular weight is 1080 g/mol. The van der Waals surface area contributed by atoms with E-state index >= 15 is 0 Å². The van der Waals surface area contributed by atoms with Gasteiger partial charge in [0.25, 0.3) is 0 Å². The monoisotopic (exact) mass is 1080 g/mol. The lowest BCUT2D eigenvalue weighted by Gasteiger charge is -2.42. The molecule has 11 atom stereocenters. The molecule has 0 aromatic rings. The van der Waals surface area contributed by atoms with Gasteiger partial charge in [-0.05, 0) is 77.0 Å². The lowest BCUT2D eigenvalue weighted by atomic mass is 9.98. The summed E-state index contributed by atoms with van der Waals surface area (Å²) in [6.45, 7) is 2.48. The number of rotatable bonds is 47. The summed E-state index contributed by atoms with van der Waals surface area (Å²) in [5.41, 5.74) is 0. The molecule has 7 N–H and O–H groups in total. The van der Waals surface area contributed by atoms with Crippen molar-refractivity contribution in [2.75, 3.05) is 26.4 Å². The van der Waals surface area contributed by atoms with Crippen LogP contribution in [0, 0.1) is 0 Å². The van der Waals surface area contributed by atoms with Crippen molar-refractivity contribution in [1.82, 2.24) is 0 Å². The molecule has 2 rings (SSSR count). The van der Waals surface area contributed by atoms with E-state index in [0.29, 0.717) is 12.8 Å². The molecule has 0 aromatic carbocycles. The molecule has 15 nitrogen and oxygen atoms in total. The van der Waals surface area contributed by atoms with Gasteiger partial charge in [0.1, 0.15) is 55.4 Å². The second-order valence-electron chi connectivity index (χ2n) is 20.8. The van der Waals surface area contributed by atoms with Crippen LogP contribution in [0.1, 0.15) is 219 Å². The van der Waals surface area contributed by atoms with Crippen LogP contribution < -0.4 is 0 Å². The van der Waals surface area contributed by atoms with Crippen molar-refractivity contribution in [3.8, 4) is 0 Å². The predicted octanol–water partition coefficient (Wildman–Crippen LogP) is 10.4. The van der Waals surface area contributed by atoms with Gasteiger partial charge in [-0.1, -0.05) is 190 Å². The van der Waals surface area contributed by atoms with Crippen LogP contribution in [-0.4, -0.2) is 142 Å². The minimum atomic E-state index is -1.77. The zero-order valence-corrected chi connectivity index (χ0v) is 47.0. The van der Waals surface area contributed by atoms with Crippen molar-refractivity contribution in [2.45, 2.75) is 287 Å². The summed E-state index contributed by atoms with van der Waals surface area (Å²) < 4.78 is 33.7. The Morgan fingerprint density at radius 2 is 0.829 bits per heavy atom. The smallest absolute Gasteiger partial charge is 0.306 e. The highest BCUT2D eigenvalue weighted by Crippen LogP contribution is 2.27. The van der Waals surface area contributed by atoms with E-state index in [2.05, 4.69) is 74.6 Å². The number of esters is 2. The van der Waals surface area contributed by atoms with Crippen LogP contribution in [0.5, 0.6) is 0 Å². The van der Waals surface area contributed by atoms with E-state index in [9.17, 15) is 45.3 Å². The number of carbonyl (C=O) groups excluding carboxylic acids is 2. The highest BCUT2D eigenvalue weighted by molar-refractivity contribution is 5.70. The molecule has 440 valence electrons. The van der Waals surface area contributed by atoms with Crippen molar-refractivity contribution < 1.29 is 73.8 Å². The van der Waals surface area contributed by atoms with Crippen molar-refractivity contribution >= 4 is 11.9 Å². The topological polar surface area (TPSA) is 231 Å². The van der Waals surface area contributed by atoms with Gasteiger partial charge in [0.2, 0.25) is 0 Å². The molecule has 15 heteroatoms. The Morgan fingerprint density at radius 1 is 0.434 bits per heavy atom. The minimum Gasteiger partial charge on any atom is -0.462 e. The van der Waals surface area contributed by atoms with Crippen molar-refractivity contribution in [2.24, 2.45) is 0 Å². The number of aliphatic hydroxyl groups is 7. The largest absolute Gasteiger partial charge is 0.462 e. The van der Waals surface area contributed by atoms with Crippen LogP contribution in [0.25, 0.3) is 0 Å². The molecule has 2 fully saturated rings. The highest BCUT2D eigenvalue weighted by Gasteiger charge is 2.47. The lowest BCUT2D eigenvalue weighted by molar-refractivity contribution is -0.332. The van der Waals surface area contributed by atoms with Crippen LogP contribution in [0.3, 0.4) is 0 Å². The molecule has 76 heavy (non-hydrogen) atoms. The van der Waals surface area contributed by atoms with E-state index in [1.807, 2.05) is 0 Å². The van der Waals surface area contributed by atoms with Crippen LogP contribution in [0.15, 0.2) is 60.8 Å². The number of hydrogen-bond acceptors (Lipinski definition) is 15. The maximum absolute atomic E-state index is 13.1. The Morgan fingerprint density at radius 3 is 1.30 bits per heavy atom. The van der Waals surface area contributed by atoms with Gasteiger partial charge in [0.15, 0.2) is 18.7 Å². The first-order valence-electron chi connectivity index (χ1n) is 29.9. The van der Waals surface area contributed by atoms with E-state index in [-0.39, 0.29) is 26.1 Å². The third-order valence-electron chi connectivity index (χ3n) is 14.0.